The predicted octanol–water partition coefficient (Wildman–Crippen LogP) is 2.51. The topological polar surface area (TPSA) is 63.6 Å². The van der Waals surface area contributed by atoms with Gasteiger partial charge in [0.1, 0.15) is 17.4 Å². The van der Waals surface area contributed by atoms with Crippen molar-refractivity contribution in [3.63, 3.8) is 0 Å². The molecule has 140 valence electrons. The van der Waals surface area contributed by atoms with Gasteiger partial charge in [-0.25, -0.2) is 0 Å². The molecule has 3 rings (SSSR count). The number of nitrogens with zero attached hydrogens (tertiary/aromatic N) is 2. The first-order chi connectivity index (χ1) is 12.5. The van der Waals surface area contributed by atoms with Gasteiger partial charge in [0.25, 0.3) is 5.91 Å². The van der Waals surface area contributed by atoms with Crippen molar-refractivity contribution in [3.8, 4) is 5.75 Å². The fourth-order valence-electron chi connectivity index (χ4n) is 3.36. The van der Waals surface area contributed by atoms with Crippen molar-refractivity contribution in [3.05, 3.63) is 39.1 Å². The average Bonchev–Trinajstić information content (AvgIpc) is 2.62. The van der Waals surface area contributed by atoms with Crippen molar-refractivity contribution in [2.75, 3.05) is 26.2 Å². The summed E-state index contributed by atoms with van der Waals surface area (Å²) in [5, 5.41) is 3.52. The molecule has 7 heteroatoms. The highest BCUT2D eigenvalue weighted by molar-refractivity contribution is 6.35. The first-order valence-electron chi connectivity index (χ1n) is 8.99. The van der Waals surface area contributed by atoms with E-state index in [1.54, 1.807) is 18.3 Å². The van der Waals surface area contributed by atoms with E-state index in [2.05, 4.69) is 24.1 Å². The molecular formula is C19H24ClN3O3. The molecule has 1 aromatic heterocycles. The van der Waals surface area contributed by atoms with Crippen LogP contribution in [0.1, 0.15) is 31.1 Å². The van der Waals surface area contributed by atoms with Gasteiger partial charge in [0.05, 0.1) is 22.5 Å². The molecule has 0 aliphatic carbocycles. The minimum absolute atomic E-state index is 0.0482. The van der Waals surface area contributed by atoms with Crippen LogP contribution in [0.25, 0.3) is 10.9 Å². The van der Waals surface area contributed by atoms with Gasteiger partial charge in [-0.15, -0.1) is 0 Å². The summed E-state index contributed by atoms with van der Waals surface area (Å²) < 4.78 is 7.70. The molecule has 0 spiro atoms. The third-order valence-electron chi connectivity index (χ3n) is 4.77. The molecule has 1 aromatic carbocycles. The third-order valence-corrected chi connectivity index (χ3v) is 5.08. The Morgan fingerprint density at radius 3 is 2.81 bits per heavy atom. The lowest BCUT2D eigenvalue weighted by Crippen LogP contribution is -2.37. The molecule has 2 aromatic rings. The maximum Gasteiger partial charge on any atom is 0.256 e. The second kappa shape index (κ2) is 7.68. The molecule has 0 saturated heterocycles. The van der Waals surface area contributed by atoms with E-state index in [0.717, 1.165) is 19.6 Å². The van der Waals surface area contributed by atoms with Crippen molar-refractivity contribution < 1.29 is 9.53 Å². The fraction of sp³-hybridized carbons (Fsp3) is 0.474. The molecule has 1 atom stereocenters. The summed E-state index contributed by atoms with van der Waals surface area (Å²) in [4.78, 5) is 27.7. The molecule has 1 aliphatic heterocycles. The van der Waals surface area contributed by atoms with E-state index < -0.39 is 0 Å². The maximum atomic E-state index is 12.9. The van der Waals surface area contributed by atoms with Crippen LogP contribution in [0.2, 0.25) is 5.02 Å². The number of aromatic nitrogens is 1. The van der Waals surface area contributed by atoms with Crippen LogP contribution < -0.4 is 15.5 Å². The number of hydrogen-bond acceptors (Lipinski definition) is 4. The second-order valence-electron chi connectivity index (χ2n) is 6.50. The van der Waals surface area contributed by atoms with Gasteiger partial charge in [-0.3, -0.25) is 9.59 Å². The van der Waals surface area contributed by atoms with Gasteiger partial charge in [-0.2, -0.15) is 0 Å². The number of halogens is 1. The smallest absolute Gasteiger partial charge is 0.256 e. The Hall–Kier alpha value is -2.05. The normalized spacial score (nSPS) is 16.0. The largest absolute Gasteiger partial charge is 0.487 e. The van der Waals surface area contributed by atoms with Gasteiger partial charge < -0.3 is 19.5 Å². The number of nitrogens with one attached hydrogen (secondary N) is 1. The second-order valence-corrected chi connectivity index (χ2v) is 6.91. The Morgan fingerprint density at radius 1 is 1.38 bits per heavy atom. The Balaban J connectivity index is 1.95. The lowest BCUT2D eigenvalue weighted by molar-refractivity contribution is 0.0946. The lowest BCUT2D eigenvalue weighted by Gasteiger charge is -2.26. The van der Waals surface area contributed by atoms with E-state index >= 15 is 0 Å². The van der Waals surface area contributed by atoms with Crippen molar-refractivity contribution in [1.29, 1.82) is 0 Å². The van der Waals surface area contributed by atoms with Crippen LogP contribution in [0.3, 0.4) is 0 Å². The maximum absolute atomic E-state index is 12.9. The Morgan fingerprint density at radius 2 is 2.12 bits per heavy atom. The monoisotopic (exact) mass is 377 g/mol. The molecule has 0 fully saturated rings. The molecule has 1 unspecified atom stereocenters. The highest BCUT2D eigenvalue weighted by Gasteiger charge is 2.24. The molecule has 1 N–H and O–H groups in total. The first-order valence-corrected chi connectivity index (χ1v) is 9.36. The van der Waals surface area contributed by atoms with E-state index in [-0.39, 0.29) is 23.0 Å². The summed E-state index contributed by atoms with van der Waals surface area (Å²) in [5.41, 5.74) is 0.409. The molecular weight excluding hydrogens is 354 g/mol. The summed E-state index contributed by atoms with van der Waals surface area (Å²) in [6, 6.07) is 3.41. The van der Waals surface area contributed by atoms with Crippen molar-refractivity contribution in [2.45, 2.75) is 33.4 Å². The van der Waals surface area contributed by atoms with Gasteiger partial charge in [0.15, 0.2) is 0 Å². The van der Waals surface area contributed by atoms with E-state index in [0.29, 0.717) is 34.8 Å². The molecule has 26 heavy (non-hydrogen) atoms. The summed E-state index contributed by atoms with van der Waals surface area (Å²) in [5.74, 6) is 0.252. The van der Waals surface area contributed by atoms with Crippen LogP contribution in [0.15, 0.2) is 23.1 Å². The molecule has 2 heterocycles. The van der Waals surface area contributed by atoms with Crippen molar-refractivity contribution in [1.82, 2.24) is 14.8 Å². The van der Waals surface area contributed by atoms with Crippen LogP contribution in [-0.2, 0) is 6.54 Å². The summed E-state index contributed by atoms with van der Waals surface area (Å²) >= 11 is 6.28. The van der Waals surface area contributed by atoms with Crippen LogP contribution >= 0.6 is 11.6 Å². The van der Waals surface area contributed by atoms with Gasteiger partial charge >= 0.3 is 0 Å². The Kier molecular flexibility index (Phi) is 5.53. The van der Waals surface area contributed by atoms with Gasteiger partial charge in [-0.1, -0.05) is 25.4 Å². The summed E-state index contributed by atoms with van der Waals surface area (Å²) in [6.07, 6.45) is 1.57. The number of amides is 1. The van der Waals surface area contributed by atoms with E-state index in [9.17, 15) is 9.59 Å². The van der Waals surface area contributed by atoms with E-state index in [1.165, 1.54) is 0 Å². The average molecular weight is 378 g/mol. The van der Waals surface area contributed by atoms with Gasteiger partial charge in [-0.05, 0) is 32.1 Å². The number of carbonyl (C=O) groups excluding carboxylic acids is 1. The van der Waals surface area contributed by atoms with Crippen molar-refractivity contribution >= 4 is 28.4 Å². The number of hydrogen-bond donors (Lipinski definition) is 1. The molecule has 0 radical (unpaired) electrons. The highest BCUT2D eigenvalue weighted by Crippen LogP contribution is 2.33. The zero-order valence-corrected chi connectivity index (χ0v) is 16.1. The van der Waals surface area contributed by atoms with Crippen LogP contribution in [0.5, 0.6) is 5.75 Å². The SMILES string of the molecule is CCN(CC)CCNC(=O)c1cn2c3c(ccc(Cl)c3c1=O)OC(C)C2. The quantitative estimate of drug-likeness (QED) is 0.840. The predicted molar refractivity (Wildman–Crippen MR) is 103 cm³/mol. The fourth-order valence-corrected chi connectivity index (χ4v) is 3.60. The number of likely N-dealkylation sites (N-methyl/N-ethyl adjacent to an activating group) is 1. The first kappa shape index (κ1) is 18.7. The summed E-state index contributed by atoms with van der Waals surface area (Å²) in [7, 11) is 0. The van der Waals surface area contributed by atoms with Crippen molar-refractivity contribution in [2.24, 2.45) is 0 Å². The number of ether oxygens (including phenoxy) is 1. The van der Waals surface area contributed by atoms with Gasteiger partial charge in [0.2, 0.25) is 5.43 Å². The standard InChI is InChI=1S/C19H24ClN3O3/c1-4-22(5-2)9-8-21-19(25)13-11-23-10-12(3)26-15-7-6-14(20)16(17(15)23)18(13)24/h6-7,11-12H,4-5,8-10H2,1-3H3,(H,21,25). The van der Waals surface area contributed by atoms with Crippen LogP contribution in [-0.4, -0.2) is 47.7 Å². The Labute approximate surface area is 157 Å². The molecule has 1 aliphatic rings. The zero-order chi connectivity index (χ0) is 18.8. The minimum Gasteiger partial charge on any atom is -0.487 e. The van der Waals surface area contributed by atoms with Gasteiger partial charge in [0, 0.05) is 19.3 Å². The molecule has 1 amide bonds. The number of rotatable bonds is 6. The van der Waals surface area contributed by atoms with E-state index in [1.807, 2.05) is 11.5 Å². The van der Waals surface area contributed by atoms with E-state index in [4.69, 9.17) is 16.3 Å². The summed E-state index contributed by atoms with van der Waals surface area (Å²) in [6.45, 7) is 9.75. The lowest BCUT2D eigenvalue weighted by atomic mass is 10.1. The zero-order valence-electron chi connectivity index (χ0n) is 15.3. The minimum atomic E-state index is -0.367. The van der Waals surface area contributed by atoms with Crippen LogP contribution in [0, 0.1) is 0 Å². The number of benzene rings is 1. The Bertz CT molecular complexity index is 890. The van der Waals surface area contributed by atoms with Crippen LogP contribution in [0.4, 0.5) is 0 Å². The molecule has 0 bridgehead atoms. The number of carbonyl (C=O) groups is 1. The molecule has 0 saturated carbocycles. The highest BCUT2D eigenvalue weighted by atomic mass is 35.5. The molecule has 6 nitrogen and oxygen atoms in total. The third kappa shape index (κ3) is 3.44. The number of pyridine rings is 1.